The molecule has 0 aliphatic carbocycles. The number of ether oxygens (including phenoxy) is 1. The van der Waals surface area contributed by atoms with E-state index in [1.165, 1.54) is 25.8 Å². The summed E-state index contributed by atoms with van der Waals surface area (Å²) in [4.78, 5) is 35.7. The Kier molecular flexibility index (Phi) is 6.59. The number of nitrogens with one attached hydrogen (secondary N) is 2. The highest BCUT2D eigenvalue weighted by Gasteiger charge is 2.10. The van der Waals surface area contributed by atoms with Gasteiger partial charge in [0.1, 0.15) is 0 Å². The molecular weight excluding hydrogens is 340 g/mol. The van der Waals surface area contributed by atoms with E-state index < -0.39 is 5.97 Å². The third-order valence-electron chi connectivity index (χ3n) is 3.12. The number of hydrogen-bond donors (Lipinski definition) is 2. The Bertz CT molecular complexity index is 792. The molecule has 0 radical (unpaired) electrons. The summed E-state index contributed by atoms with van der Waals surface area (Å²) in [7, 11) is 1.30. The summed E-state index contributed by atoms with van der Waals surface area (Å²) in [6.45, 7) is 1.43. The van der Waals surface area contributed by atoms with Gasteiger partial charge < -0.3 is 15.4 Å². The van der Waals surface area contributed by atoms with Crippen molar-refractivity contribution < 1.29 is 19.1 Å². The van der Waals surface area contributed by atoms with Crippen LogP contribution >= 0.6 is 11.8 Å². The van der Waals surface area contributed by atoms with Crippen LogP contribution in [0.2, 0.25) is 0 Å². The second-order valence-corrected chi connectivity index (χ2v) is 6.10. The van der Waals surface area contributed by atoms with Gasteiger partial charge in [-0.25, -0.2) is 4.79 Å². The molecule has 0 atom stereocenters. The predicted octanol–water partition coefficient (Wildman–Crippen LogP) is 3.16. The number of hydrogen-bond acceptors (Lipinski definition) is 5. The highest BCUT2D eigenvalue weighted by atomic mass is 32.2. The number of thioether (sulfide) groups is 1. The van der Waals surface area contributed by atoms with Gasteiger partial charge in [-0.1, -0.05) is 18.2 Å². The second-order valence-electron chi connectivity index (χ2n) is 5.09. The number of carbonyl (C=O) groups is 3. The lowest BCUT2D eigenvalue weighted by atomic mass is 10.2. The topological polar surface area (TPSA) is 84.5 Å². The maximum Gasteiger partial charge on any atom is 0.337 e. The number of carbonyl (C=O) groups excluding carboxylic acids is 3. The average molecular weight is 358 g/mol. The molecule has 0 unspecified atom stereocenters. The van der Waals surface area contributed by atoms with Crippen molar-refractivity contribution in [3.8, 4) is 0 Å². The number of methoxy groups -OCH3 is 1. The molecule has 2 amide bonds. The normalized spacial score (nSPS) is 10.0. The first-order valence-electron chi connectivity index (χ1n) is 7.47. The van der Waals surface area contributed by atoms with E-state index in [1.54, 1.807) is 30.3 Å². The van der Waals surface area contributed by atoms with Crippen LogP contribution in [0.25, 0.3) is 0 Å². The van der Waals surface area contributed by atoms with Gasteiger partial charge >= 0.3 is 5.97 Å². The minimum Gasteiger partial charge on any atom is -0.465 e. The van der Waals surface area contributed by atoms with Crippen molar-refractivity contribution in [1.29, 1.82) is 0 Å². The fourth-order valence-electron chi connectivity index (χ4n) is 2.07. The molecule has 0 heterocycles. The SMILES string of the molecule is COC(=O)c1cccc(NC(=O)CSc2ccccc2NC(C)=O)c1. The number of anilines is 2. The summed E-state index contributed by atoms with van der Waals surface area (Å²) in [5, 5.41) is 5.47. The summed E-state index contributed by atoms with van der Waals surface area (Å²) in [6.07, 6.45) is 0. The summed E-state index contributed by atoms with van der Waals surface area (Å²) in [5.74, 6) is -0.685. The Hall–Kier alpha value is -2.80. The van der Waals surface area contributed by atoms with Crippen LogP contribution < -0.4 is 10.6 Å². The van der Waals surface area contributed by atoms with E-state index in [4.69, 9.17) is 0 Å². The van der Waals surface area contributed by atoms with Crippen molar-refractivity contribution in [2.24, 2.45) is 0 Å². The van der Waals surface area contributed by atoms with Crippen LogP contribution in [0.1, 0.15) is 17.3 Å². The van der Waals surface area contributed by atoms with Gasteiger partial charge in [0.2, 0.25) is 11.8 Å². The number of esters is 1. The minimum absolute atomic E-state index is 0.166. The minimum atomic E-state index is -0.463. The van der Waals surface area contributed by atoms with Gasteiger partial charge in [0.15, 0.2) is 0 Å². The Morgan fingerprint density at radius 2 is 1.80 bits per heavy atom. The molecule has 2 rings (SSSR count). The monoisotopic (exact) mass is 358 g/mol. The van der Waals surface area contributed by atoms with E-state index in [0.29, 0.717) is 16.9 Å². The molecule has 130 valence electrons. The molecule has 0 aliphatic heterocycles. The molecular formula is C18H18N2O4S. The predicted molar refractivity (Wildman–Crippen MR) is 97.9 cm³/mol. The largest absolute Gasteiger partial charge is 0.465 e. The zero-order valence-electron chi connectivity index (χ0n) is 13.9. The molecule has 0 saturated heterocycles. The average Bonchev–Trinajstić information content (AvgIpc) is 2.60. The van der Waals surface area contributed by atoms with Crippen LogP contribution in [0.3, 0.4) is 0 Å². The molecule has 2 aromatic carbocycles. The highest BCUT2D eigenvalue weighted by Crippen LogP contribution is 2.27. The summed E-state index contributed by atoms with van der Waals surface area (Å²) in [6, 6.07) is 13.8. The highest BCUT2D eigenvalue weighted by molar-refractivity contribution is 8.00. The molecule has 25 heavy (non-hydrogen) atoms. The van der Waals surface area contributed by atoms with E-state index in [1.807, 2.05) is 18.2 Å². The van der Waals surface area contributed by atoms with Gasteiger partial charge in [0, 0.05) is 17.5 Å². The molecule has 0 aliphatic rings. The van der Waals surface area contributed by atoms with E-state index in [2.05, 4.69) is 15.4 Å². The number of rotatable bonds is 6. The van der Waals surface area contributed by atoms with Crippen LogP contribution in [-0.2, 0) is 14.3 Å². The maximum absolute atomic E-state index is 12.1. The fourth-order valence-corrected chi connectivity index (χ4v) is 2.88. The summed E-state index contributed by atoms with van der Waals surface area (Å²) < 4.78 is 4.66. The van der Waals surface area contributed by atoms with E-state index in [-0.39, 0.29) is 17.6 Å². The number of amides is 2. The third-order valence-corrected chi connectivity index (χ3v) is 4.20. The lowest BCUT2D eigenvalue weighted by Crippen LogP contribution is -2.15. The Balaban J connectivity index is 1.98. The molecule has 2 aromatic rings. The quantitative estimate of drug-likeness (QED) is 0.612. The van der Waals surface area contributed by atoms with Gasteiger partial charge in [-0.15, -0.1) is 11.8 Å². The van der Waals surface area contributed by atoms with Gasteiger partial charge in [-0.05, 0) is 30.3 Å². The van der Waals surface area contributed by atoms with Gasteiger partial charge in [0.25, 0.3) is 0 Å². The molecule has 0 fully saturated rings. The van der Waals surface area contributed by atoms with Crippen molar-refractivity contribution in [3.63, 3.8) is 0 Å². The van der Waals surface area contributed by atoms with Crippen molar-refractivity contribution in [2.75, 3.05) is 23.5 Å². The molecule has 2 N–H and O–H groups in total. The van der Waals surface area contributed by atoms with Gasteiger partial charge in [0.05, 0.1) is 24.1 Å². The molecule has 0 bridgehead atoms. The fraction of sp³-hybridized carbons (Fsp3) is 0.167. The van der Waals surface area contributed by atoms with Crippen molar-refractivity contribution in [2.45, 2.75) is 11.8 Å². The third kappa shape index (κ3) is 5.65. The van der Waals surface area contributed by atoms with Crippen LogP contribution in [-0.4, -0.2) is 30.6 Å². The Labute approximate surface area is 149 Å². The first-order chi connectivity index (χ1) is 12.0. The molecule has 0 spiro atoms. The van der Waals surface area contributed by atoms with Gasteiger partial charge in [-0.2, -0.15) is 0 Å². The first kappa shape index (κ1) is 18.5. The lowest BCUT2D eigenvalue weighted by Gasteiger charge is -2.10. The van der Waals surface area contributed by atoms with Crippen LogP contribution in [0.4, 0.5) is 11.4 Å². The zero-order valence-corrected chi connectivity index (χ0v) is 14.7. The first-order valence-corrected chi connectivity index (χ1v) is 8.46. The molecule has 7 heteroatoms. The van der Waals surface area contributed by atoms with Gasteiger partial charge in [-0.3, -0.25) is 9.59 Å². The Morgan fingerprint density at radius 3 is 2.52 bits per heavy atom. The van der Waals surface area contributed by atoms with Crippen LogP contribution in [0, 0.1) is 0 Å². The number of para-hydroxylation sites is 1. The smallest absolute Gasteiger partial charge is 0.337 e. The standard InChI is InChI=1S/C18H18N2O4S/c1-12(21)19-15-8-3-4-9-16(15)25-11-17(22)20-14-7-5-6-13(10-14)18(23)24-2/h3-10H,11H2,1-2H3,(H,19,21)(H,20,22). The number of benzene rings is 2. The summed E-state index contributed by atoms with van der Waals surface area (Å²) in [5.41, 5.74) is 1.55. The van der Waals surface area contributed by atoms with E-state index in [9.17, 15) is 14.4 Å². The van der Waals surface area contributed by atoms with E-state index in [0.717, 1.165) is 4.90 Å². The van der Waals surface area contributed by atoms with Crippen molar-refractivity contribution in [1.82, 2.24) is 0 Å². The summed E-state index contributed by atoms with van der Waals surface area (Å²) >= 11 is 1.31. The Morgan fingerprint density at radius 1 is 1.04 bits per heavy atom. The van der Waals surface area contributed by atoms with Crippen molar-refractivity contribution >= 4 is 40.9 Å². The maximum atomic E-state index is 12.1. The second kappa shape index (κ2) is 8.89. The van der Waals surface area contributed by atoms with Crippen molar-refractivity contribution in [3.05, 3.63) is 54.1 Å². The van der Waals surface area contributed by atoms with Crippen LogP contribution in [0.15, 0.2) is 53.4 Å². The zero-order chi connectivity index (χ0) is 18.2. The lowest BCUT2D eigenvalue weighted by molar-refractivity contribution is -0.114. The molecule has 6 nitrogen and oxygen atoms in total. The molecule has 0 aromatic heterocycles. The van der Waals surface area contributed by atoms with Crippen LogP contribution in [0.5, 0.6) is 0 Å². The van der Waals surface area contributed by atoms with E-state index >= 15 is 0 Å². The molecule has 0 saturated carbocycles.